The summed E-state index contributed by atoms with van der Waals surface area (Å²) in [7, 11) is 0. The Bertz CT molecular complexity index is 1220. The number of carbonyl (C=O) groups excluding carboxylic acids is 1. The van der Waals surface area contributed by atoms with Crippen molar-refractivity contribution in [1.29, 1.82) is 0 Å². The van der Waals surface area contributed by atoms with E-state index in [1.54, 1.807) is 10.8 Å². The van der Waals surface area contributed by atoms with Gasteiger partial charge in [0.1, 0.15) is 12.6 Å². The van der Waals surface area contributed by atoms with Gasteiger partial charge < -0.3 is 10.1 Å². The van der Waals surface area contributed by atoms with Crippen LogP contribution in [-0.4, -0.2) is 27.3 Å². The average Bonchev–Trinajstić information content (AvgIpc) is 3.23. The SMILES string of the molecule is C=CCOC(=O)C1=C(C)Nc2nc(SCc3ccccc3Cl)nn2C1/C=C/c1ccccc1. The first kappa shape index (κ1) is 22.9. The number of anilines is 1. The summed E-state index contributed by atoms with van der Waals surface area (Å²) in [6.07, 6.45) is 5.44. The van der Waals surface area contributed by atoms with Crippen molar-refractivity contribution < 1.29 is 9.53 Å². The number of carbonyl (C=O) groups is 1. The second-order valence-electron chi connectivity index (χ2n) is 7.31. The van der Waals surface area contributed by atoms with Gasteiger partial charge in [-0.05, 0) is 24.1 Å². The maximum atomic E-state index is 12.9. The molecule has 2 aromatic carbocycles. The highest BCUT2D eigenvalue weighted by molar-refractivity contribution is 7.98. The van der Waals surface area contributed by atoms with Gasteiger partial charge in [-0.3, -0.25) is 0 Å². The maximum Gasteiger partial charge on any atom is 0.338 e. The number of hydrogen-bond donors (Lipinski definition) is 1. The Kier molecular flexibility index (Phi) is 7.32. The highest BCUT2D eigenvalue weighted by Gasteiger charge is 2.32. The van der Waals surface area contributed by atoms with Crippen LogP contribution in [0.2, 0.25) is 5.02 Å². The minimum absolute atomic E-state index is 0.133. The summed E-state index contributed by atoms with van der Waals surface area (Å²) in [5.74, 6) is 0.778. The van der Waals surface area contributed by atoms with Crippen molar-refractivity contribution in [2.45, 2.75) is 23.9 Å². The molecule has 168 valence electrons. The van der Waals surface area contributed by atoms with Gasteiger partial charge in [0.15, 0.2) is 0 Å². The number of nitrogens with zero attached hydrogens (tertiary/aromatic N) is 3. The molecule has 0 saturated heterocycles. The molecule has 1 N–H and O–H groups in total. The lowest BCUT2D eigenvalue weighted by Gasteiger charge is -2.25. The van der Waals surface area contributed by atoms with Crippen LogP contribution in [0.15, 0.2) is 89.8 Å². The van der Waals surface area contributed by atoms with E-state index in [0.717, 1.165) is 11.1 Å². The van der Waals surface area contributed by atoms with E-state index in [9.17, 15) is 4.79 Å². The smallest absolute Gasteiger partial charge is 0.338 e. The summed E-state index contributed by atoms with van der Waals surface area (Å²) in [4.78, 5) is 17.5. The molecule has 0 spiro atoms. The van der Waals surface area contributed by atoms with Crippen LogP contribution in [0.5, 0.6) is 0 Å². The number of ether oxygens (including phenoxy) is 1. The molecule has 0 aliphatic carbocycles. The number of halogens is 1. The molecule has 0 bridgehead atoms. The first-order chi connectivity index (χ1) is 16.1. The van der Waals surface area contributed by atoms with E-state index in [-0.39, 0.29) is 6.61 Å². The molecule has 33 heavy (non-hydrogen) atoms. The first-order valence-electron chi connectivity index (χ1n) is 10.4. The number of esters is 1. The number of benzene rings is 2. The molecule has 0 radical (unpaired) electrons. The van der Waals surface area contributed by atoms with Crippen LogP contribution in [0, 0.1) is 0 Å². The molecule has 1 aliphatic heterocycles. The molecule has 0 fully saturated rings. The van der Waals surface area contributed by atoms with Gasteiger partial charge in [0.05, 0.1) is 5.57 Å². The summed E-state index contributed by atoms with van der Waals surface area (Å²) in [6.45, 7) is 5.59. The van der Waals surface area contributed by atoms with E-state index >= 15 is 0 Å². The van der Waals surface area contributed by atoms with Crippen molar-refractivity contribution in [3.8, 4) is 0 Å². The largest absolute Gasteiger partial charge is 0.458 e. The van der Waals surface area contributed by atoms with Gasteiger partial charge in [-0.25, -0.2) is 9.48 Å². The van der Waals surface area contributed by atoms with Crippen molar-refractivity contribution in [2.24, 2.45) is 0 Å². The normalized spacial score (nSPS) is 15.3. The minimum Gasteiger partial charge on any atom is -0.458 e. The van der Waals surface area contributed by atoms with Crippen molar-refractivity contribution in [1.82, 2.24) is 14.8 Å². The second kappa shape index (κ2) is 10.6. The lowest BCUT2D eigenvalue weighted by molar-refractivity contribution is -0.138. The lowest BCUT2D eigenvalue weighted by Crippen LogP contribution is -2.28. The Balaban J connectivity index is 1.64. The van der Waals surface area contributed by atoms with Gasteiger partial charge in [-0.2, -0.15) is 4.98 Å². The van der Waals surface area contributed by atoms with Gasteiger partial charge in [-0.15, -0.1) is 5.10 Å². The van der Waals surface area contributed by atoms with Crippen molar-refractivity contribution in [2.75, 3.05) is 11.9 Å². The molecular weight excluding hydrogens is 456 g/mol. The second-order valence-corrected chi connectivity index (χ2v) is 8.66. The summed E-state index contributed by atoms with van der Waals surface area (Å²) in [5, 5.41) is 9.18. The molecule has 1 unspecified atom stereocenters. The fourth-order valence-corrected chi connectivity index (χ4v) is 4.53. The van der Waals surface area contributed by atoms with E-state index in [2.05, 4.69) is 22.0 Å². The van der Waals surface area contributed by atoms with Crippen LogP contribution in [0.25, 0.3) is 6.08 Å². The molecule has 1 atom stereocenters. The molecule has 0 amide bonds. The third-order valence-electron chi connectivity index (χ3n) is 5.01. The predicted octanol–water partition coefficient (Wildman–Crippen LogP) is 5.91. The summed E-state index contributed by atoms with van der Waals surface area (Å²) >= 11 is 7.77. The molecule has 4 rings (SSSR count). The zero-order valence-corrected chi connectivity index (χ0v) is 19.6. The Morgan fingerprint density at radius 2 is 2.00 bits per heavy atom. The highest BCUT2D eigenvalue weighted by Crippen LogP contribution is 2.34. The molecule has 0 saturated carbocycles. The van der Waals surface area contributed by atoms with Gasteiger partial charge in [-0.1, -0.05) is 96.7 Å². The number of nitrogens with one attached hydrogen (secondary N) is 1. The van der Waals surface area contributed by atoms with Crippen LogP contribution < -0.4 is 5.32 Å². The monoisotopic (exact) mass is 478 g/mol. The number of aromatic nitrogens is 3. The quantitative estimate of drug-likeness (QED) is 0.246. The highest BCUT2D eigenvalue weighted by atomic mass is 35.5. The van der Waals surface area contributed by atoms with E-state index in [0.29, 0.717) is 33.2 Å². The Hall–Kier alpha value is -3.29. The molecule has 8 heteroatoms. The number of fused-ring (bicyclic) bond motifs is 1. The Labute approximate surface area is 202 Å². The standard InChI is InChI=1S/C25H23ClN4O2S/c1-3-15-32-23(31)22-17(2)27-24-28-25(33-16-19-11-7-8-12-20(19)26)29-30(24)21(22)14-13-18-9-5-4-6-10-18/h3-14,21H,1,15-16H2,2H3,(H,27,28,29)/b14-13+. The minimum atomic E-state index is -0.471. The van der Waals surface area contributed by atoms with Crippen molar-refractivity contribution in [3.05, 3.63) is 101 Å². The van der Waals surface area contributed by atoms with E-state index in [4.69, 9.17) is 16.3 Å². The Morgan fingerprint density at radius 1 is 1.24 bits per heavy atom. The van der Waals surface area contributed by atoms with Crippen molar-refractivity contribution in [3.63, 3.8) is 0 Å². The molecule has 3 aromatic rings. The lowest BCUT2D eigenvalue weighted by atomic mass is 10.0. The third kappa shape index (κ3) is 5.38. The number of rotatable bonds is 8. The van der Waals surface area contributed by atoms with Gasteiger partial charge in [0.25, 0.3) is 0 Å². The average molecular weight is 479 g/mol. The zero-order valence-electron chi connectivity index (χ0n) is 18.1. The topological polar surface area (TPSA) is 69.0 Å². The van der Waals surface area contributed by atoms with Crippen LogP contribution in [0.3, 0.4) is 0 Å². The number of hydrogen-bond acceptors (Lipinski definition) is 6. The summed E-state index contributed by atoms with van der Waals surface area (Å²) in [5.41, 5.74) is 3.18. The molecule has 6 nitrogen and oxygen atoms in total. The molecular formula is C25H23ClN4O2S. The summed E-state index contributed by atoms with van der Waals surface area (Å²) < 4.78 is 7.07. The number of thioether (sulfide) groups is 1. The fraction of sp³-hybridized carbons (Fsp3) is 0.160. The molecule has 1 aliphatic rings. The van der Waals surface area contributed by atoms with Crippen LogP contribution >= 0.6 is 23.4 Å². The third-order valence-corrected chi connectivity index (χ3v) is 6.27. The van der Waals surface area contributed by atoms with E-state index in [1.807, 2.05) is 73.7 Å². The molecule has 2 heterocycles. The van der Waals surface area contributed by atoms with Gasteiger partial charge in [0, 0.05) is 16.5 Å². The fourth-order valence-electron chi connectivity index (χ4n) is 3.41. The maximum absolute atomic E-state index is 12.9. The Morgan fingerprint density at radius 3 is 2.76 bits per heavy atom. The van der Waals surface area contributed by atoms with Crippen LogP contribution in [-0.2, 0) is 15.3 Å². The van der Waals surface area contributed by atoms with E-state index in [1.165, 1.54) is 11.8 Å². The van der Waals surface area contributed by atoms with E-state index < -0.39 is 12.0 Å². The number of allylic oxidation sites excluding steroid dienone is 2. The first-order valence-corrected chi connectivity index (χ1v) is 11.7. The van der Waals surface area contributed by atoms with Crippen molar-refractivity contribution >= 4 is 41.4 Å². The zero-order chi connectivity index (χ0) is 23.2. The summed E-state index contributed by atoms with van der Waals surface area (Å²) in [6, 6.07) is 17.1. The van der Waals surface area contributed by atoms with Crippen LogP contribution in [0.4, 0.5) is 5.95 Å². The van der Waals surface area contributed by atoms with Gasteiger partial charge >= 0.3 is 5.97 Å². The van der Waals surface area contributed by atoms with Gasteiger partial charge in [0.2, 0.25) is 11.1 Å². The predicted molar refractivity (Wildman–Crippen MR) is 133 cm³/mol. The van der Waals surface area contributed by atoms with Crippen LogP contribution in [0.1, 0.15) is 24.1 Å². The molecule has 1 aromatic heterocycles.